The molecule has 3 heteroatoms. The highest BCUT2D eigenvalue weighted by molar-refractivity contribution is 6.30. The molecule has 1 aromatic carbocycles. The van der Waals surface area contributed by atoms with Crippen molar-refractivity contribution in [2.45, 2.75) is 13.3 Å². The van der Waals surface area contributed by atoms with Gasteiger partial charge in [-0.2, -0.15) is 5.26 Å². The van der Waals surface area contributed by atoms with E-state index in [1.807, 2.05) is 18.2 Å². The predicted octanol–water partition coefficient (Wildman–Crippen LogP) is 2.40. The van der Waals surface area contributed by atoms with Crippen LogP contribution in [0.3, 0.4) is 0 Å². The predicted molar refractivity (Wildman–Crippen MR) is 56.0 cm³/mol. The van der Waals surface area contributed by atoms with E-state index in [0.29, 0.717) is 11.4 Å². The van der Waals surface area contributed by atoms with Crippen molar-refractivity contribution < 1.29 is 5.11 Å². The first-order chi connectivity index (χ1) is 6.59. The van der Waals surface area contributed by atoms with Gasteiger partial charge in [0.05, 0.1) is 18.1 Å². The Balaban J connectivity index is 2.84. The van der Waals surface area contributed by atoms with Crippen LogP contribution in [-0.4, -0.2) is 11.7 Å². The normalized spacial score (nSPS) is 14.4. The highest BCUT2D eigenvalue weighted by atomic mass is 35.5. The van der Waals surface area contributed by atoms with E-state index in [1.54, 1.807) is 13.0 Å². The van der Waals surface area contributed by atoms with Crippen molar-refractivity contribution in [2.24, 2.45) is 5.41 Å². The molecule has 14 heavy (non-hydrogen) atoms. The third kappa shape index (κ3) is 2.73. The highest BCUT2D eigenvalue weighted by Crippen LogP contribution is 2.22. The first-order valence-electron chi connectivity index (χ1n) is 4.36. The number of aliphatic hydroxyl groups is 1. The van der Waals surface area contributed by atoms with E-state index >= 15 is 0 Å². The molecule has 0 radical (unpaired) electrons. The zero-order chi connectivity index (χ0) is 10.6. The second kappa shape index (κ2) is 4.45. The molecule has 0 amide bonds. The Morgan fingerprint density at radius 1 is 1.57 bits per heavy atom. The van der Waals surface area contributed by atoms with Crippen LogP contribution >= 0.6 is 11.6 Å². The lowest BCUT2D eigenvalue weighted by Gasteiger charge is -2.18. The minimum Gasteiger partial charge on any atom is -0.395 e. The number of nitriles is 1. The van der Waals surface area contributed by atoms with Crippen molar-refractivity contribution in [3.8, 4) is 6.07 Å². The van der Waals surface area contributed by atoms with E-state index in [0.717, 1.165) is 5.56 Å². The summed E-state index contributed by atoms with van der Waals surface area (Å²) in [5, 5.41) is 18.6. The van der Waals surface area contributed by atoms with Crippen LogP contribution in [0.25, 0.3) is 0 Å². The largest absolute Gasteiger partial charge is 0.395 e. The standard InChI is InChI=1S/C11H12ClNO/c1-11(7-13,8-14)6-9-3-2-4-10(12)5-9/h2-5,14H,6,8H2,1H3. The highest BCUT2D eigenvalue weighted by Gasteiger charge is 2.23. The molecular weight excluding hydrogens is 198 g/mol. The Bertz CT molecular complexity index is 359. The maximum atomic E-state index is 9.06. The van der Waals surface area contributed by atoms with Crippen LogP contribution in [0.15, 0.2) is 24.3 Å². The molecule has 2 nitrogen and oxygen atoms in total. The Kier molecular flexibility index (Phi) is 3.51. The molecule has 1 aromatic rings. The molecule has 0 aromatic heterocycles. The zero-order valence-corrected chi connectivity index (χ0v) is 8.75. The van der Waals surface area contributed by atoms with Crippen LogP contribution in [0.4, 0.5) is 0 Å². The van der Waals surface area contributed by atoms with E-state index in [1.165, 1.54) is 0 Å². The average molecular weight is 210 g/mol. The van der Waals surface area contributed by atoms with Crippen LogP contribution in [0, 0.1) is 16.7 Å². The number of nitrogens with zero attached hydrogens (tertiary/aromatic N) is 1. The smallest absolute Gasteiger partial charge is 0.0816 e. The lowest BCUT2D eigenvalue weighted by molar-refractivity contribution is 0.190. The van der Waals surface area contributed by atoms with E-state index in [9.17, 15) is 0 Å². The molecule has 0 spiro atoms. The molecule has 0 aliphatic heterocycles. The van der Waals surface area contributed by atoms with Crippen LogP contribution in [0.1, 0.15) is 12.5 Å². The summed E-state index contributed by atoms with van der Waals surface area (Å²) < 4.78 is 0. The summed E-state index contributed by atoms with van der Waals surface area (Å²) in [4.78, 5) is 0. The molecule has 1 N–H and O–H groups in total. The third-order valence-corrected chi connectivity index (χ3v) is 2.34. The maximum Gasteiger partial charge on any atom is 0.0816 e. The first-order valence-corrected chi connectivity index (χ1v) is 4.74. The van der Waals surface area contributed by atoms with E-state index < -0.39 is 5.41 Å². The van der Waals surface area contributed by atoms with Gasteiger partial charge in [0.1, 0.15) is 0 Å². The Labute approximate surface area is 88.7 Å². The molecule has 0 aliphatic rings. The van der Waals surface area contributed by atoms with Gasteiger partial charge in [0.2, 0.25) is 0 Å². The molecule has 1 unspecified atom stereocenters. The molecule has 1 rings (SSSR count). The van der Waals surface area contributed by atoms with Crippen molar-refractivity contribution in [2.75, 3.05) is 6.61 Å². The molecule has 0 saturated heterocycles. The van der Waals surface area contributed by atoms with Gasteiger partial charge in [-0.3, -0.25) is 0 Å². The van der Waals surface area contributed by atoms with Gasteiger partial charge >= 0.3 is 0 Å². The zero-order valence-electron chi connectivity index (χ0n) is 8.00. The van der Waals surface area contributed by atoms with Gasteiger partial charge in [0.25, 0.3) is 0 Å². The molecule has 0 fully saturated rings. The van der Waals surface area contributed by atoms with Crippen LogP contribution in [0.5, 0.6) is 0 Å². The summed E-state index contributed by atoms with van der Waals surface area (Å²) in [5.41, 5.74) is 0.251. The summed E-state index contributed by atoms with van der Waals surface area (Å²) in [6.07, 6.45) is 0.514. The SMILES string of the molecule is CC(C#N)(CO)Cc1cccc(Cl)c1. The second-order valence-corrected chi connectivity index (χ2v) is 4.07. The number of aliphatic hydroxyl groups excluding tert-OH is 1. The van der Waals surface area contributed by atoms with Crippen molar-refractivity contribution >= 4 is 11.6 Å². The summed E-state index contributed by atoms with van der Waals surface area (Å²) in [5.74, 6) is 0. The molecular formula is C11H12ClNO. The molecule has 0 aliphatic carbocycles. The number of hydrogen-bond donors (Lipinski definition) is 1. The van der Waals surface area contributed by atoms with Crippen molar-refractivity contribution in [3.05, 3.63) is 34.9 Å². The number of benzene rings is 1. The number of rotatable bonds is 3. The lowest BCUT2D eigenvalue weighted by Crippen LogP contribution is -2.21. The molecule has 1 atom stereocenters. The van der Waals surface area contributed by atoms with Crippen molar-refractivity contribution in [1.29, 1.82) is 5.26 Å². The minimum absolute atomic E-state index is 0.143. The van der Waals surface area contributed by atoms with Gasteiger partial charge in [-0.05, 0) is 31.0 Å². The van der Waals surface area contributed by atoms with E-state index in [4.69, 9.17) is 22.0 Å². The van der Waals surface area contributed by atoms with Crippen molar-refractivity contribution in [1.82, 2.24) is 0 Å². The van der Waals surface area contributed by atoms with Gasteiger partial charge < -0.3 is 5.11 Å². The second-order valence-electron chi connectivity index (χ2n) is 3.64. The Morgan fingerprint density at radius 2 is 2.29 bits per heavy atom. The summed E-state index contributed by atoms with van der Waals surface area (Å²) in [6, 6.07) is 9.44. The molecule has 0 saturated carbocycles. The fourth-order valence-corrected chi connectivity index (χ4v) is 1.44. The fourth-order valence-electron chi connectivity index (χ4n) is 1.23. The van der Waals surface area contributed by atoms with Gasteiger partial charge in [-0.15, -0.1) is 0 Å². The minimum atomic E-state index is -0.718. The summed E-state index contributed by atoms with van der Waals surface area (Å²) in [6.45, 7) is 1.59. The maximum absolute atomic E-state index is 9.06. The summed E-state index contributed by atoms with van der Waals surface area (Å²) >= 11 is 5.81. The van der Waals surface area contributed by atoms with Gasteiger partial charge in [0, 0.05) is 5.02 Å². The van der Waals surface area contributed by atoms with E-state index in [2.05, 4.69) is 6.07 Å². The topological polar surface area (TPSA) is 44.0 Å². The first kappa shape index (κ1) is 11.0. The molecule has 0 bridgehead atoms. The fraction of sp³-hybridized carbons (Fsp3) is 0.364. The Hall–Kier alpha value is -1.04. The number of halogens is 1. The van der Waals surface area contributed by atoms with E-state index in [-0.39, 0.29) is 6.61 Å². The molecule has 74 valence electrons. The lowest BCUT2D eigenvalue weighted by atomic mass is 9.86. The van der Waals surface area contributed by atoms with Gasteiger partial charge in [0.15, 0.2) is 0 Å². The Morgan fingerprint density at radius 3 is 2.79 bits per heavy atom. The molecule has 0 heterocycles. The quantitative estimate of drug-likeness (QED) is 0.831. The monoisotopic (exact) mass is 209 g/mol. The summed E-state index contributed by atoms with van der Waals surface area (Å²) in [7, 11) is 0. The van der Waals surface area contributed by atoms with Crippen molar-refractivity contribution in [3.63, 3.8) is 0 Å². The average Bonchev–Trinajstić information content (AvgIpc) is 2.18. The van der Waals surface area contributed by atoms with Crippen LogP contribution < -0.4 is 0 Å². The number of hydrogen-bond acceptors (Lipinski definition) is 2. The van der Waals surface area contributed by atoms with Gasteiger partial charge in [-0.25, -0.2) is 0 Å². The third-order valence-electron chi connectivity index (χ3n) is 2.10. The van der Waals surface area contributed by atoms with Gasteiger partial charge in [-0.1, -0.05) is 23.7 Å². The van der Waals surface area contributed by atoms with Crippen LogP contribution in [-0.2, 0) is 6.42 Å². The van der Waals surface area contributed by atoms with Crippen LogP contribution in [0.2, 0.25) is 5.02 Å².